The Morgan fingerprint density at radius 2 is 2.08 bits per heavy atom. The minimum Gasteiger partial charge on any atom is -0.371 e. The molecule has 12 heavy (non-hydrogen) atoms. The molecule has 1 aromatic rings. The van der Waals surface area contributed by atoms with E-state index in [1.165, 1.54) is 6.07 Å². The van der Waals surface area contributed by atoms with Gasteiger partial charge in [0.15, 0.2) is 0 Å². The molecule has 0 amide bonds. The van der Waals surface area contributed by atoms with Gasteiger partial charge in [-0.25, -0.2) is 0 Å². The number of aryl methyl sites for hydroxylation is 1. The summed E-state index contributed by atoms with van der Waals surface area (Å²) in [5, 5.41) is 0. The summed E-state index contributed by atoms with van der Waals surface area (Å²) in [5.41, 5.74) is 0.910. The van der Waals surface area contributed by atoms with Crippen molar-refractivity contribution < 1.29 is 12.6 Å². The summed E-state index contributed by atoms with van der Waals surface area (Å²) < 4.78 is 25.3. The molecule has 0 heterocycles. The van der Waals surface area contributed by atoms with E-state index in [2.05, 4.69) is 4.18 Å². The van der Waals surface area contributed by atoms with Gasteiger partial charge in [-0.2, -0.15) is 8.42 Å². The van der Waals surface area contributed by atoms with Crippen molar-refractivity contribution in [2.75, 3.05) is 0 Å². The molecular formula is C7H7ClO3S. The van der Waals surface area contributed by atoms with Gasteiger partial charge in [0.1, 0.15) is 5.75 Å². The van der Waals surface area contributed by atoms with Crippen LogP contribution in [0.3, 0.4) is 0 Å². The summed E-state index contributed by atoms with van der Waals surface area (Å²) in [6.07, 6.45) is 0. The molecule has 66 valence electrons. The van der Waals surface area contributed by atoms with Crippen molar-refractivity contribution in [3.63, 3.8) is 0 Å². The molecule has 0 radical (unpaired) electrons. The average molecular weight is 207 g/mol. The van der Waals surface area contributed by atoms with Crippen LogP contribution in [-0.4, -0.2) is 8.42 Å². The zero-order valence-electron chi connectivity index (χ0n) is 6.32. The largest absolute Gasteiger partial charge is 0.401 e. The summed E-state index contributed by atoms with van der Waals surface area (Å²) in [6, 6.07) is 6.62. The summed E-state index contributed by atoms with van der Waals surface area (Å²) in [5.74, 6) is 0.227. The molecule has 0 spiro atoms. The van der Waals surface area contributed by atoms with Gasteiger partial charge in [-0.05, 0) is 24.6 Å². The van der Waals surface area contributed by atoms with Gasteiger partial charge in [0.25, 0.3) is 0 Å². The maximum Gasteiger partial charge on any atom is 0.401 e. The van der Waals surface area contributed by atoms with Crippen LogP contribution >= 0.6 is 10.7 Å². The third kappa shape index (κ3) is 3.11. The quantitative estimate of drug-likeness (QED) is 0.694. The van der Waals surface area contributed by atoms with Gasteiger partial charge in [-0.3, -0.25) is 0 Å². The van der Waals surface area contributed by atoms with Crippen molar-refractivity contribution >= 4 is 20.0 Å². The molecule has 0 atom stereocenters. The highest BCUT2D eigenvalue weighted by Crippen LogP contribution is 2.15. The van der Waals surface area contributed by atoms with E-state index in [1.54, 1.807) is 12.1 Å². The maximum absolute atomic E-state index is 10.5. The van der Waals surface area contributed by atoms with Crippen LogP contribution in [0.15, 0.2) is 24.3 Å². The van der Waals surface area contributed by atoms with Crippen LogP contribution in [0.4, 0.5) is 0 Å². The minimum atomic E-state index is -3.92. The van der Waals surface area contributed by atoms with E-state index in [9.17, 15) is 8.42 Å². The van der Waals surface area contributed by atoms with Gasteiger partial charge < -0.3 is 4.18 Å². The first kappa shape index (κ1) is 9.35. The fraction of sp³-hybridized carbons (Fsp3) is 0.143. The Morgan fingerprint density at radius 1 is 1.42 bits per heavy atom. The van der Waals surface area contributed by atoms with Crippen LogP contribution in [-0.2, 0) is 9.33 Å². The van der Waals surface area contributed by atoms with E-state index in [0.717, 1.165) is 5.56 Å². The lowest BCUT2D eigenvalue weighted by Gasteiger charge is -2.00. The number of benzene rings is 1. The summed E-state index contributed by atoms with van der Waals surface area (Å²) in [7, 11) is 0.948. The van der Waals surface area contributed by atoms with Crippen LogP contribution in [0.2, 0.25) is 0 Å². The second kappa shape index (κ2) is 3.33. The number of hydrogen-bond acceptors (Lipinski definition) is 3. The SMILES string of the molecule is Cc1cccc(OS(=O)(=O)Cl)c1. The van der Waals surface area contributed by atoms with Crippen LogP contribution in [0.5, 0.6) is 5.75 Å². The number of rotatable bonds is 2. The van der Waals surface area contributed by atoms with Crippen LogP contribution in [0, 0.1) is 6.92 Å². The van der Waals surface area contributed by atoms with E-state index in [-0.39, 0.29) is 5.75 Å². The molecule has 0 aliphatic heterocycles. The lowest BCUT2D eigenvalue weighted by atomic mass is 10.2. The molecule has 0 bridgehead atoms. The third-order valence-electron chi connectivity index (χ3n) is 1.19. The molecule has 0 aromatic heterocycles. The smallest absolute Gasteiger partial charge is 0.371 e. The summed E-state index contributed by atoms with van der Waals surface area (Å²) >= 11 is 0. The topological polar surface area (TPSA) is 43.4 Å². The number of hydrogen-bond donors (Lipinski definition) is 0. The predicted molar refractivity (Wildman–Crippen MR) is 46.6 cm³/mol. The molecule has 0 saturated heterocycles. The van der Waals surface area contributed by atoms with E-state index in [0.29, 0.717) is 0 Å². The Labute approximate surface area is 75.6 Å². The second-order valence-electron chi connectivity index (χ2n) is 2.29. The number of halogens is 1. The Kier molecular flexibility index (Phi) is 2.59. The second-order valence-corrected chi connectivity index (χ2v) is 4.38. The molecule has 1 aromatic carbocycles. The highest BCUT2D eigenvalue weighted by Gasteiger charge is 2.06. The average Bonchev–Trinajstić information content (AvgIpc) is 1.82. The predicted octanol–water partition coefficient (Wildman–Crippen LogP) is 1.86. The minimum absolute atomic E-state index is 0.227. The molecule has 0 aliphatic rings. The van der Waals surface area contributed by atoms with Crippen LogP contribution in [0.1, 0.15) is 5.56 Å². The van der Waals surface area contributed by atoms with Gasteiger partial charge in [-0.1, -0.05) is 12.1 Å². The fourth-order valence-electron chi connectivity index (χ4n) is 0.782. The maximum atomic E-state index is 10.5. The Morgan fingerprint density at radius 3 is 2.58 bits per heavy atom. The van der Waals surface area contributed by atoms with Gasteiger partial charge >= 0.3 is 9.33 Å². The zero-order valence-corrected chi connectivity index (χ0v) is 7.89. The lowest BCUT2D eigenvalue weighted by Crippen LogP contribution is -1.99. The first-order valence-corrected chi connectivity index (χ1v) is 5.41. The van der Waals surface area contributed by atoms with Crippen LogP contribution < -0.4 is 4.18 Å². The molecule has 5 heteroatoms. The summed E-state index contributed by atoms with van der Waals surface area (Å²) in [4.78, 5) is 0. The van der Waals surface area contributed by atoms with Crippen molar-refractivity contribution in [2.45, 2.75) is 6.92 Å². The first-order valence-electron chi connectivity index (χ1n) is 3.18. The molecule has 3 nitrogen and oxygen atoms in total. The standard InChI is InChI=1S/C7H7ClO3S/c1-6-3-2-4-7(5-6)11-12(8,9)10/h2-5H,1H3. The van der Waals surface area contributed by atoms with Gasteiger partial charge in [0, 0.05) is 0 Å². The van der Waals surface area contributed by atoms with E-state index in [1.807, 2.05) is 13.0 Å². The van der Waals surface area contributed by atoms with E-state index in [4.69, 9.17) is 10.7 Å². The summed E-state index contributed by atoms with van der Waals surface area (Å²) in [6.45, 7) is 1.83. The Balaban J connectivity index is 2.91. The highest BCUT2D eigenvalue weighted by atomic mass is 35.7. The molecule has 0 saturated carbocycles. The third-order valence-corrected chi connectivity index (χ3v) is 1.77. The van der Waals surface area contributed by atoms with Crippen molar-refractivity contribution in [3.8, 4) is 5.75 Å². The zero-order chi connectivity index (χ0) is 9.19. The van der Waals surface area contributed by atoms with E-state index >= 15 is 0 Å². The molecule has 0 aliphatic carbocycles. The van der Waals surface area contributed by atoms with Crippen LogP contribution in [0.25, 0.3) is 0 Å². The van der Waals surface area contributed by atoms with Crippen molar-refractivity contribution in [2.24, 2.45) is 0 Å². The monoisotopic (exact) mass is 206 g/mol. The van der Waals surface area contributed by atoms with Gasteiger partial charge in [-0.15, -0.1) is 0 Å². The fourth-order valence-corrected chi connectivity index (χ4v) is 1.33. The normalized spacial score (nSPS) is 11.2. The Bertz CT molecular complexity index is 372. The van der Waals surface area contributed by atoms with Crippen molar-refractivity contribution in [1.82, 2.24) is 0 Å². The van der Waals surface area contributed by atoms with Crippen molar-refractivity contribution in [1.29, 1.82) is 0 Å². The molecular weight excluding hydrogens is 200 g/mol. The lowest BCUT2D eigenvalue weighted by molar-refractivity contribution is 0.503. The highest BCUT2D eigenvalue weighted by molar-refractivity contribution is 8.10. The molecule has 0 fully saturated rings. The van der Waals surface area contributed by atoms with Gasteiger partial charge in [0.2, 0.25) is 0 Å². The van der Waals surface area contributed by atoms with Crippen molar-refractivity contribution in [3.05, 3.63) is 29.8 Å². The molecule has 0 unspecified atom stereocenters. The molecule has 0 N–H and O–H groups in total. The first-order chi connectivity index (χ1) is 5.47. The van der Waals surface area contributed by atoms with Gasteiger partial charge in [0.05, 0.1) is 10.7 Å². The Hall–Kier alpha value is -0.740. The van der Waals surface area contributed by atoms with E-state index < -0.39 is 9.33 Å². The molecule has 1 rings (SSSR count).